The summed E-state index contributed by atoms with van der Waals surface area (Å²) in [6, 6.07) is 6.77. The zero-order valence-electron chi connectivity index (χ0n) is 10.9. The minimum Gasteiger partial charge on any atom is -0.389 e. The monoisotopic (exact) mass is 298 g/mol. The van der Waals surface area contributed by atoms with Gasteiger partial charge in [0.05, 0.1) is 4.90 Å². The Kier molecular flexibility index (Phi) is 4.23. The lowest BCUT2D eigenvalue weighted by atomic mass is 10.2. The average molecular weight is 298 g/mol. The van der Waals surface area contributed by atoms with Crippen molar-refractivity contribution in [2.24, 2.45) is 5.73 Å². The van der Waals surface area contributed by atoms with Gasteiger partial charge in [-0.1, -0.05) is 37.3 Å². The van der Waals surface area contributed by atoms with Gasteiger partial charge >= 0.3 is 0 Å². The van der Waals surface area contributed by atoms with Crippen molar-refractivity contribution in [2.45, 2.75) is 37.1 Å². The van der Waals surface area contributed by atoms with Crippen LogP contribution in [0.5, 0.6) is 0 Å². The molecule has 0 aliphatic carbocycles. The Morgan fingerprint density at radius 2 is 2.16 bits per heavy atom. The topological polar surface area (TPSA) is 63.4 Å². The molecule has 0 aromatic heterocycles. The highest BCUT2D eigenvalue weighted by Gasteiger charge is 2.35. The second kappa shape index (κ2) is 5.56. The molecule has 0 bridgehead atoms. The fourth-order valence-electron chi connectivity index (χ4n) is 2.55. The van der Waals surface area contributed by atoms with Gasteiger partial charge in [-0.25, -0.2) is 8.42 Å². The van der Waals surface area contributed by atoms with Gasteiger partial charge in [0, 0.05) is 18.2 Å². The van der Waals surface area contributed by atoms with Crippen LogP contribution in [0.15, 0.2) is 29.2 Å². The zero-order valence-corrected chi connectivity index (χ0v) is 12.5. The predicted octanol–water partition coefficient (Wildman–Crippen LogP) is 1.88. The maximum absolute atomic E-state index is 12.7. The Bertz CT molecular complexity index is 584. The number of nitrogens with zero attached hydrogens (tertiary/aromatic N) is 1. The maximum Gasteiger partial charge on any atom is 0.244 e. The van der Waals surface area contributed by atoms with Crippen LogP contribution in [0.4, 0.5) is 0 Å². The van der Waals surface area contributed by atoms with E-state index in [1.807, 2.05) is 6.92 Å². The molecule has 1 atom stereocenters. The summed E-state index contributed by atoms with van der Waals surface area (Å²) in [7, 11) is -3.51. The SMILES string of the molecule is CCC1CCCN1S(=O)(=O)c1ccccc1C(N)=S. The third kappa shape index (κ3) is 2.66. The molecule has 6 heteroatoms. The molecule has 0 amide bonds. The largest absolute Gasteiger partial charge is 0.389 e. The highest BCUT2D eigenvalue weighted by Crippen LogP contribution is 2.29. The lowest BCUT2D eigenvalue weighted by Gasteiger charge is -2.24. The summed E-state index contributed by atoms with van der Waals surface area (Å²) in [5, 5.41) is 0. The maximum atomic E-state index is 12.7. The molecule has 4 nitrogen and oxygen atoms in total. The van der Waals surface area contributed by atoms with E-state index >= 15 is 0 Å². The Morgan fingerprint density at radius 1 is 1.47 bits per heavy atom. The average Bonchev–Trinajstić information content (AvgIpc) is 2.87. The van der Waals surface area contributed by atoms with Crippen LogP contribution in [0.1, 0.15) is 31.7 Å². The molecule has 1 aromatic rings. The first kappa shape index (κ1) is 14.4. The van der Waals surface area contributed by atoms with Crippen molar-refractivity contribution in [1.29, 1.82) is 0 Å². The van der Waals surface area contributed by atoms with Crippen molar-refractivity contribution in [2.75, 3.05) is 6.54 Å². The molecule has 1 saturated heterocycles. The van der Waals surface area contributed by atoms with Crippen LogP contribution in [0.2, 0.25) is 0 Å². The van der Waals surface area contributed by atoms with Crippen molar-refractivity contribution in [1.82, 2.24) is 4.31 Å². The summed E-state index contributed by atoms with van der Waals surface area (Å²) in [6.45, 7) is 2.59. The second-order valence-corrected chi connectivity index (χ2v) is 6.98. The van der Waals surface area contributed by atoms with Gasteiger partial charge in [0.15, 0.2) is 0 Å². The first-order valence-corrected chi connectivity index (χ1v) is 8.24. The number of hydrogen-bond donors (Lipinski definition) is 1. The first-order chi connectivity index (χ1) is 8.98. The molecule has 1 aliphatic heterocycles. The van der Waals surface area contributed by atoms with Crippen LogP contribution in [0.25, 0.3) is 0 Å². The van der Waals surface area contributed by atoms with Crippen LogP contribution in [-0.2, 0) is 10.0 Å². The fourth-order valence-corrected chi connectivity index (χ4v) is 4.77. The Hall–Kier alpha value is -0.980. The first-order valence-electron chi connectivity index (χ1n) is 6.39. The third-order valence-electron chi connectivity index (χ3n) is 3.53. The van der Waals surface area contributed by atoms with Gasteiger partial charge in [-0.2, -0.15) is 4.31 Å². The second-order valence-electron chi connectivity index (χ2n) is 4.68. The smallest absolute Gasteiger partial charge is 0.244 e. The van der Waals surface area contributed by atoms with E-state index in [4.69, 9.17) is 18.0 Å². The molecule has 1 aromatic carbocycles. The molecule has 2 rings (SSSR count). The molecule has 2 N–H and O–H groups in total. The Labute approximate surface area is 119 Å². The van der Waals surface area contributed by atoms with Gasteiger partial charge < -0.3 is 5.73 Å². The summed E-state index contributed by atoms with van der Waals surface area (Å²) in [5.74, 6) is 0. The molecule has 0 spiro atoms. The van der Waals surface area contributed by atoms with Crippen molar-refractivity contribution < 1.29 is 8.42 Å². The number of benzene rings is 1. The lowest BCUT2D eigenvalue weighted by molar-refractivity contribution is 0.379. The van der Waals surface area contributed by atoms with E-state index in [2.05, 4.69) is 0 Å². The molecule has 1 fully saturated rings. The third-order valence-corrected chi connectivity index (χ3v) is 5.76. The van der Waals surface area contributed by atoms with Crippen molar-refractivity contribution >= 4 is 27.2 Å². The molecule has 1 heterocycles. The summed E-state index contributed by atoms with van der Waals surface area (Å²) >= 11 is 4.95. The summed E-state index contributed by atoms with van der Waals surface area (Å²) in [5.41, 5.74) is 6.06. The Balaban J connectivity index is 2.48. The lowest BCUT2D eigenvalue weighted by Crippen LogP contribution is -2.36. The number of sulfonamides is 1. The molecule has 0 radical (unpaired) electrons. The van der Waals surface area contributed by atoms with E-state index in [0.717, 1.165) is 19.3 Å². The Morgan fingerprint density at radius 3 is 2.79 bits per heavy atom. The highest BCUT2D eigenvalue weighted by molar-refractivity contribution is 7.89. The van der Waals surface area contributed by atoms with Gasteiger partial charge in [-0.05, 0) is 25.3 Å². The number of nitrogens with two attached hydrogens (primary N) is 1. The van der Waals surface area contributed by atoms with Gasteiger partial charge in [0.2, 0.25) is 10.0 Å². The zero-order chi connectivity index (χ0) is 14.0. The van der Waals surface area contributed by atoms with Crippen LogP contribution < -0.4 is 5.73 Å². The standard InChI is InChI=1S/C13H18N2O2S2/c1-2-10-6-5-9-15(10)19(16,17)12-8-4-3-7-11(12)13(14)18/h3-4,7-8,10H,2,5-6,9H2,1H3,(H2,14,18). The number of thiocarbonyl (C=S) groups is 1. The van der Waals surface area contributed by atoms with Crippen LogP contribution >= 0.6 is 12.2 Å². The molecular formula is C13H18N2O2S2. The predicted molar refractivity (Wildman–Crippen MR) is 79.5 cm³/mol. The molecular weight excluding hydrogens is 280 g/mol. The van der Waals surface area contributed by atoms with E-state index in [1.54, 1.807) is 28.6 Å². The summed E-state index contributed by atoms with van der Waals surface area (Å²) in [6.07, 6.45) is 2.66. The highest BCUT2D eigenvalue weighted by atomic mass is 32.2. The minimum atomic E-state index is -3.51. The quantitative estimate of drug-likeness (QED) is 0.862. The number of hydrogen-bond acceptors (Lipinski definition) is 3. The molecule has 0 saturated carbocycles. The molecule has 1 aliphatic rings. The van der Waals surface area contributed by atoms with E-state index in [0.29, 0.717) is 12.1 Å². The molecule has 1 unspecified atom stereocenters. The summed E-state index contributed by atoms with van der Waals surface area (Å²) < 4.78 is 27.1. The van der Waals surface area contributed by atoms with Crippen molar-refractivity contribution in [3.63, 3.8) is 0 Å². The normalized spacial score (nSPS) is 20.6. The van der Waals surface area contributed by atoms with E-state index in [9.17, 15) is 8.42 Å². The summed E-state index contributed by atoms with van der Waals surface area (Å²) in [4.78, 5) is 0.342. The molecule has 19 heavy (non-hydrogen) atoms. The van der Waals surface area contributed by atoms with Gasteiger partial charge in [0.25, 0.3) is 0 Å². The van der Waals surface area contributed by atoms with Gasteiger partial charge in [-0.15, -0.1) is 0 Å². The van der Waals surface area contributed by atoms with Gasteiger partial charge in [0.1, 0.15) is 4.99 Å². The molecule has 104 valence electrons. The number of rotatable bonds is 4. The van der Waals surface area contributed by atoms with E-state index < -0.39 is 10.0 Å². The van der Waals surface area contributed by atoms with E-state index in [-0.39, 0.29) is 15.9 Å². The van der Waals surface area contributed by atoms with Crippen LogP contribution in [-0.4, -0.2) is 30.3 Å². The minimum absolute atomic E-state index is 0.0874. The van der Waals surface area contributed by atoms with Crippen molar-refractivity contribution in [3.05, 3.63) is 29.8 Å². The van der Waals surface area contributed by atoms with E-state index in [1.165, 1.54) is 0 Å². The van der Waals surface area contributed by atoms with Crippen molar-refractivity contribution in [3.8, 4) is 0 Å². The van der Waals surface area contributed by atoms with Crippen LogP contribution in [0, 0.1) is 0 Å². The van der Waals surface area contributed by atoms with Gasteiger partial charge in [-0.3, -0.25) is 0 Å². The fraction of sp³-hybridized carbons (Fsp3) is 0.462. The van der Waals surface area contributed by atoms with Crippen LogP contribution in [0.3, 0.4) is 0 Å².